The predicted molar refractivity (Wildman–Crippen MR) is 138 cm³/mol. The highest BCUT2D eigenvalue weighted by Gasteiger charge is 2.36. The van der Waals surface area contributed by atoms with Crippen molar-refractivity contribution in [3.8, 4) is 10.7 Å². The molecule has 34 heavy (non-hydrogen) atoms. The van der Waals surface area contributed by atoms with Crippen molar-refractivity contribution in [2.45, 2.75) is 31.2 Å². The summed E-state index contributed by atoms with van der Waals surface area (Å²) in [7, 11) is 0. The van der Waals surface area contributed by atoms with E-state index in [-0.39, 0.29) is 6.03 Å². The van der Waals surface area contributed by atoms with Crippen molar-refractivity contribution in [1.82, 2.24) is 15.5 Å². The average molecular weight is 489 g/mol. The van der Waals surface area contributed by atoms with Gasteiger partial charge in [-0.25, -0.2) is 4.79 Å². The van der Waals surface area contributed by atoms with Gasteiger partial charge in [-0.2, -0.15) is 4.98 Å². The fourth-order valence-electron chi connectivity index (χ4n) is 4.10. The third-order valence-corrected chi connectivity index (χ3v) is 7.54. The number of allylic oxidation sites excluding steroid dienone is 1. The number of hydrogen-bond donors (Lipinski definition) is 1. The van der Waals surface area contributed by atoms with Gasteiger partial charge in [0.15, 0.2) is 0 Å². The lowest BCUT2D eigenvalue weighted by Gasteiger charge is -2.35. The highest BCUT2D eigenvalue weighted by molar-refractivity contribution is 7.98. The number of carbonyl (C=O) groups is 1. The standard InChI is InChI=1S/C26H24N4O2S2/c1-4-17-7-9-18(10-8-17)23-22(25-28-24(29-32-25)21-6-5-15-34-21)16(2)30(26(31)27-23)19-11-13-20(33-3)14-12-19/h5-15,23H,4H2,1-3H3,(H,27,31). The zero-order valence-corrected chi connectivity index (χ0v) is 20.7. The Bertz CT molecular complexity index is 1330. The smallest absolute Gasteiger partial charge is 0.326 e. The molecule has 1 N–H and O–H groups in total. The Hall–Kier alpha value is -3.36. The van der Waals surface area contributed by atoms with Crippen LogP contribution in [0.4, 0.5) is 10.5 Å². The number of urea groups is 1. The van der Waals surface area contributed by atoms with Crippen molar-refractivity contribution < 1.29 is 9.32 Å². The van der Waals surface area contributed by atoms with Crippen LogP contribution in [-0.2, 0) is 6.42 Å². The average Bonchev–Trinajstić information content (AvgIpc) is 3.57. The number of benzene rings is 2. The lowest BCUT2D eigenvalue weighted by Crippen LogP contribution is -2.46. The summed E-state index contributed by atoms with van der Waals surface area (Å²) in [6.07, 6.45) is 2.98. The van der Waals surface area contributed by atoms with Crippen molar-refractivity contribution >= 4 is 40.4 Å². The third kappa shape index (κ3) is 4.15. The fraction of sp³-hybridized carbons (Fsp3) is 0.192. The molecule has 1 aliphatic heterocycles. The Labute approximate surface area is 206 Å². The van der Waals surface area contributed by atoms with Gasteiger partial charge in [0.05, 0.1) is 22.2 Å². The fourth-order valence-corrected chi connectivity index (χ4v) is 5.15. The van der Waals surface area contributed by atoms with Crippen LogP contribution in [0.2, 0.25) is 0 Å². The Morgan fingerprint density at radius 2 is 1.88 bits per heavy atom. The first-order valence-corrected chi connectivity index (χ1v) is 13.1. The van der Waals surface area contributed by atoms with Crippen molar-refractivity contribution in [2.24, 2.45) is 0 Å². The molecule has 0 spiro atoms. The topological polar surface area (TPSA) is 71.3 Å². The molecule has 2 aromatic heterocycles. The zero-order chi connectivity index (χ0) is 23.7. The van der Waals surface area contributed by atoms with E-state index in [1.165, 1.54) is 5.56 Å². The third-order valence-electron chi connectivity index (χ3n) is 5.93. The quantitative estimate of drug-likeness (QED) is 0.303. The molecule has 3 heterocycles. The molecule has 1 unspecified atom stereocenters. The van der Waals surface area contributed by atoms with Crippen molar-refractivity contribution in [2.75, 3.05) is 11.2 Å². The molecule has 0 saturated heterocycles. The van der Waals surface area contributed by atoms with Gasteiger partial charge in [0, 0.05) is 10.6 Å². The Morgan fingerprint density at radius 3 is 2.53 bits per heavy atom. The van der Waals surface area contributed by atoms with Crippen molar-refractivity contribution in [3.63, 3.8) is 0 Å². The highest BCUT2D eigenvalue weighted by Crippen LogP contribution is 2.39. The molecule has 1 aliphatic rings. The van der Waals surface area contributed by atoms with E-state index in [0.29, 0.717) is 11.7 Å². The molecule has 0 aliphatic carbocycles. The van der Waals surface area contributed by atoms with Crippen molar-refractivity contribution in [3.05, 3.63) is 88.8 Å². The number of thiophene rings is 1. The Morgan fingerprint density at radius 1 is 1.12 bits per heavy atom. The maximum Gasteiger partial charge on any atom is 0.326 e. The first-order chi connectivity index (χ1) is 16.6. The zero-order valence-electron chi connectivity index (χ0n) is 19.1. The second kappa shape index (κ2) is 9.48. The number of aromatic nitrogens is 2. The summed E-state index contributed by atoms with van der Waals surface area (Å²) in [6, 6.07) is 19.5. The molecule has 0 radical (unpaired) electrons. The molecule has 4 aromatic rings. The van der Waals surface area contributed by atoms with Gasteiger partial charge in [0.1, 0.15) is 0 Å². The number of nitrogens with zero attached hydrogens (tertiary/aromatic N) is 3. The minimum absolute atomic E-state index is 0.194. The van der Waals surface area contributed by atoms with E-state index in [1.807, 2.05) is 55.0 Å². The largest absolute Gasteiger partial charge is 0.334 e. The predicted octanol–water partition coefficient (Wildman–Crippen LogP) is 6.78. The number of aryl methyl sites for hydroxylation is 1. The summed E-state index contributed by atoms with van der Waals surface area (Å²) in [5.41, 5.74) is 4.53. The normalized spacial score (nSPS) is 16.1. The summed E-state index contributed by atoms with van der Waals surface area (Å²) >= 11 is 3.22. The van der Waals surface area contributed by atoms with Gasteiger partial charge < -0.3 is 9.84 Å². The van der Waals surface area contributed by atoms with Crippen LogP contribution < -0.4 is 10.2 Å². The van der Waals surface area contributed by atoms with E-state index < -0.39 is 6.04 Å². The Balaban J connectivity index is 1.63. The van der Waals surface area contributed by atoms with E-state index in [1.54, 1.807) is 28.0 Å². The number of nitrogens with one attached hydrogen (secondary N) is 1. The number of thioether (sulfide) groups is 1. The van der Waals surface area contributed by atoms with Gasteiger partial charge in [-0.3, -0.25) is 4.90 Å². The molecule has 6 nitrogen and oxygen atoms in total. The molecular weight excluding hydrogens is 464 g/mol. The van der Waals surface area contributed by atoms with Gasteiger partial charge in [-0.1, -0.05) is 42.4 Å². The molecule has 5 rings (SSSR count). The second-order valence-electron chi connectivity index (χ2n) is 7.91. The van der Waals surface area contributed by atoms with Crippen LogP contribution >= 0.6 is 23.1 Å². The number of rotatable bonds is 6. The summed E-state index contributed by atoms with van der Waals surface area (Å²) in [4.78, 5) is 21.8. The number of amides is 2. The number of hydrogen-bond acceptors (Lipinski definition) is 6. The number of carbonyl (C=O) groups excluding carboxylic acids is 1. The molecule has 172 valence electrons. The van der Waals surface area contributed by atoms with Crippen LogP contribution in [-0.4, -0.2) is 22.4 Å². The van der Waals surface area contributed by atoms with E-state index in [4.69, 9.17) is 9.51 Å². The Kier molecular flexibility index (Phi) is 6.26. The van der Waals surface area contributed by atoms with Gasteiger partial charge in [0.25, 0.3) is 5.89 Å². The summed E-state index contributed by atoms with van der Waals surface area (Å²) in [5.74, 6) is 0.939. The minimum atomic E-state index is -0.406. The molecule has 2 amide bonds. The van der Waals surface area contributed by atoms with Crippen LogP contribution in [0.25, 0.3) is 16.3 Å². The molecule has 0 fully saturated rings. The molecule has 0 saturated carbocycles. The highest BCUT2D eigenvalue weighted by atomic mass is 32.2. The van der Waals surface area contributed by atoms with E-state index in [2.05, 4.69) is 41.7 Å². The number of anilines is 1. The van der Waals surface area contributed by atoms with Crippen molar-refractivity contribution in [1.29, 1.82) is 0 Å². The van der Waals surface area contributed by atoms with E-state index in [9.17, 15) is 4.79 Å². The van der Waals surface area contributed by atoms with Crippen LogP contribution in [0.1, 0.15) is 36.9 Å². The van der Waals surface area contributed by atoms with E-state index in [0.717, 1.165) is 38.7 Å². The maximum absolute atomic E-state index is 13.3. The van der Waals surface area contributed by atoms with Gasteiger partial charge >= 0.3 is 6.03 Å². The molecule has 0 bridgehead atoms. The first-order valence-electron chi connectivity index (χ1n) is 11.0. The lowest BCUT2D eigenvalue weighted by molar-refractivity contribution is 0.244. The minimum Gasteiger partial charge on any atom is -0.334 e. The SMILES string of the molecule is CCc1ccc(C2NC(=O)N(c3ccc(SC)cc3)C(C)=C2c2nc(-c3cccs3)no2)cc1. The molecule has 8 heteroatoms. The monoisotopic (exact) mass is 488 g/mol. The first kappa shape index (κ1) is 22.4. The van der Waals surface area contributed by atoms with Crippen LogP contribution in [0.3, 0.4) is 0 Å². The summed E-state index contributed by atoms with van der Waals surface area (Å²) in [6.45, 7) is 4.05. The second-order valence-corrected chi connectivity index (χ2v) is 9.74. The van der Waals surface area contributed by atoms with Crippen LogP contribution in [0, 0.1) is 0 Å². The lowest BCUT2D eigenvalue weighted by atomic mass is 9.93. The maximum atomic E-state index is 13.3. The van der Waals surface area contributed by atoms with Crippen LogP contribution in [0.15, 0.2) is 81.2 Å². The molecule has 1 atom stereocenters. The molecular formula is C26H24N4O2S2. The van der Waals surface area contributed by atoms with Gasteiger partial charge in [-0.15, -0.1) is 23.1 Å². The summed E-state index contributed by atoms with van der Waals surface area (Å²) < 4.78 is 5.76. The summed E-state index contributed by atoms with van der Waals surface area (Å²) in [5, 5.41) is 9.37. The van der Waals surface area contributed by atoms with Gasteiger partial charge in [-0.05, 0) is 66.4 Å². The van der Waals surface area contributed by atoms with Crippen LogP contribution in [0.5, 0.6) is 0 Å². The van der Waals surface area contributed by atoms with Gasteiger partial charge in [0.2, 0.25) is 5.82 Å². The molecule has 2 aromatic carbocycles. The van der Waals surface area contributed by atoms with E-state index >= 15 is 0 Å².